The van der Waals surface area contributed by atoms with Gasteiger partial charge < -0.3 is 5.73 Å². The Bertz CT molecular complexity index is 308. The van der Waals surface area contributed by atoms with Crippen molar-refractivity contribution in [1.82, 2.24) is 0 Å². The van der Waals surface area contributed by atoms with Crippen LogP contribution in [0.25, 0.3) is 0 Å². The number of hydrogen-bond donors (Lipinski definition) is 1. The molecule has 0 radical (unpaired) electrons. The maximum atomic E-state index is 5.80. The molecule has 0 saturated carbocycles. The second-order valence-corrected chi connectivity index (χ2v) is 4.92. The van der Waals surface area contributed by atoms with E-state index >= 15 is 0 Å². The van der Waals surface area contributed by atoms with Crippen molar-refractivity contribution >= 4 is 5.69 Å². The zero-order chi connectivity index (χ0) is 10.8. The second-order valence-electron chi connectivity index (χ2n) is 4.92. The van der Waals surface area contributed by atoms with Gasteiger partial charge in [-0.25, -0.2) is 0 Å². The predicted octanol–water partition coefficient (Wildman–Crippen LogP) is 3.52. The van der Waals surface area contributed by atoms with E-state index in [1.165, 1.54) is 17.5 Å². The number of nitrogens with two attached hydrogens (primary N) is 1. The van der Waals surface area contributed by atoms with Crippen molar-refractivity contribution in [3.05, 3.63) is 29.3 Å². The summed E-state index contributed by atoms with van der Waals surface area (Å²) in [6.07, 6.45) is 2.30. The summed E-state index contributed by atoms with van der Waals surface area (Å²) in [6, 6.07) is 6.28. The summed E-state index contributed by atoms with van der Waals surface area (Å²) in [6.45, 7) is 8.95. The third kappa shape index (κ3) is 2.50. The van der Waals surface area contributed by atoms with Gasteiger partial charge >= 0.3 is 0 Å². The average Bonchev–Trinajstić information content (AvgIpc) is 2.02. The van der Waals surface area contributed by atoms with Crippen molar-refractivity contribution in [1.29, 1.82) is 0 Å². The Balaban J connectivity index is 3.15. The summed E-state index contributed by atoms with van der Waals surface area (Å²) in [5.74, 6) is 0. The van der Waals surface area contributed by atoms with Crippen LogP contribution in [0, 0.1) is 0 Å². The standard InChI is InChI=1S/C13H21N/c1-5-6-10-9-11(14)7-8-12(10)13(2,3)4/h7-9H,5-6,14H2,1-4H3. The molecule has 1 heteroatoms. The summed E-state index contributed by atoms with van der Waals surface area (Å²) in [7, 11) is 0. The number of anilines is 1. The fourth-order valence-electron chi connectivity index (χ4n) is 1.82. The summed E-state index contributed by atoms with van der Waals surface area (Å²) < 4.78 is 0. The van der Waals surface area contributed by atoms with Crippen molar-refractivity contribution in [3.63, 3.8) is 0 Å². The van der Waals surface area contributed by atoms with E-state index < -0.39 is 0 Å². The molecule has 1 aromatic carbocycles. The third-order valence-corrected chi connectivity index (χ3v) is 2.46. The third-order valence-electron chi connectivity index (χ3n) is 2.46. The Hall–Kier alpha value is -0.980. The number of benzene rings is 1. The van der Waals surface area contributed by atoms with Crippen LogP contribution in [-0.4, -0.2) is 0 Å². The Morgan fingerprint density at radius 3 is 2.36 bits per heavy atom. The highest BCUT2D eigenvalue weighted by Crippen LogP contribution is 2.28. The van der Waals surface area contributed by atoms with Gasteiger partial charge in [0.1, 0.15) is 0 Å². The van der Waals surface area contributed by atoms with Crippen molar-refractivity contribution in [2.75, 3.05) is 5.73 Å². The summed E-state index contributed by atoms with van der Waals surface area (Å²) >= 11 is 0. The minimum absolute atomic E-state index is 0.220. The first-order valence-electron chi connectivity index (χ1n) is 5.34. The molecule has 1 rings (SSSR count). The number of hydrogen-bond acceptors (Lipinski definition) is 1. The SMILES string of the molecule is CCCc1cc(N)ccc1C(C)(C)C. The molecule has 1 aromatic rings. The van der Waals surface area contributed by atoms with E-state index in [9.17, 15) is 0 Å². The zero-order valence-electron chi connectivity index (χ0n) is 9.72. The predicted molar refractivity (Wildman–Crippen MR) is 63.5 cm³/mol. The van der Waals surface area contributed by atoms with E-state index in [1.807, 2.05) is 6.07 Å². The fraction of sp³-hybridized carbons (Fsp3) is 0.538. The Kier molecular flexibility index (Phi) is 3.20. The average molecular weight is 191 g/mol. The molecular weight excluding hydrogens is 170 g/mol. The quantitative estimate of drug-likeness (QED) is 0.711. The largest absolute Gasteiger partial charge is 0.399 e. The van der Waals surface area contributed by atoms with Crippen LogP contribution >= 0.6 is 0 Å². The van der Waals surface area contributed by atoms with Gasteiger partial charge in [0.25, 0.3) is 0 Å². The minimum atomic E-state index is 0.220. The zero-order valence-corrected chi connectivity index (χ0v) is 9.72. The van der Waals surface area contributed by atoms with Crippen molar-refractivity contribution in [3.8, 4) is 0 Å². The lowest BCUT2D eigenvalue weighted by atomic mass is 9.82. The van der Waals surface area contributed by atoms with E-state index in [0.29, 0.717) is 0 Å². The fourth-order valence-corrected chi connectivity index (χ4v) is 1.82. The summed E-state index contributed by atoms with van der Waals surface area (Å²) in [4.78, 5) is 0. The van der Waals surface area contributed by atoms with Crippen LogP contribution in [0.1, 0.15) is 45.2 Å². The topological polar surface area (TPSA) is 26.0 Å². The molecule has 0 atom stereocenters. The van der Waals surface area contributed by atoms with Gasteiger partial charge in [0.05, 0.1) is 0 Å². The molecule has 2 N–H and O–H groups in total. The van der Waals surface area contributed by atoms with Gasteiger partial charge in [-0.2, -0.15) is 0 Å². The molecule has 0 saturated heterocycles. The van der Waals surface area contributed by atoms with E-state index in [-0.39, 0.29) is 5.41 Å². The van der Waals surface area contributed by atoms with Gasteiger partial charge in [-0.3, -0.25) is 0 Å². The Morgan fingerprint density at radius 1 is 1.21 bits per heavy atom. The molecule has 0 heterocycles. The van der Waals surface area contributed by atoms with Gasteiger partial charge in [-0.1, -0.05) is 40.2 Å². The van der Waals surface area contributed by atoms with Crippen LogP contribution in [0.5, 0.6) is 0 Å². The highest BCUT2D eigenvalue weighted by Gasteiger charge is 2.17. The van der Waals surface area contributed by atoms with Crippen LogP contribution in [0.4, 0.5) is 5.69 Å². The molecule has 1 nitrogen and oxygen atoms in total. The van der Waals surface area contributed by atoms with E-state index in [1.54, 1.807) is 0 Å². The monoisotopic (exact) mass is 191 g/mol. The molecule has 0 fully saturated rings. The molecule has 0 aliphatic heterocycles. The molecule has 0 spiro atoms. The van der Waals surface area contributed by atoms with Crippen molar-refractivity contribution in [2.45, 2.75) is 46.0 Å². The first-order valence-corrected chi connectivity index (χ1v) is 5.34. The lowest BCUT2D eigenvalue weighted by Crippen LogP contribution is -2.14. The van der Waals surface area contributed by atoms with Gasteiger partial charge in [0, 0.05) is 5.69 Å². The molecule has 0 amide bonds. The molecular formula is C13H21N. The van der Waals surface area contributed by atoms with Gasteiger partial charge in [-0.05, 0) is 35.1 Å². The van der Waals surface area contributed by atoms with Crippen LogP contribution < -0.4 is 5.73 Å². The van der Waals surface area contributed by atoms with Gasteiger partial charge in [-0.15, -0.1) is 0 Å². The van der Waals surface area contributed by atoms with Crippen LogP contribution in [0.15, 0.2) is 18.2 Å². The minimum Gasteiger partial charge on any atom is -0.399 e. The van der Waals surface area contributed by atoms with E-state index in [2.05, 4.69) is 39.8 Å². The van der Waals surface area contributed by atoms with Crippen molar-refractivity contribution in [2.24, 2.45) is 0 Å². The van der Waals surface area contributed by atoms with Crippen molar-refractivity contribution < 1.29 is 0 Å². The van der Waals surface area contributed by atoms with Crippen LogP contribution in [0.2, 0.25) is 0 Å². The highest BCUT2D eigenvalue weighted by atomic mass is 14.5. The molecule has 0 unspecified atom stereocenters. The van der Waals surface area contributed by atoms with Crippen LogP contribution in [0.3, 0.4) is 0 Å². The Morgan fingerprint density at radius 2 is 1.86 bits per heavy atom. The molecule has 78 valence electrons. The normalized spacial score (nSPS) is 11.7. The number of nitrogen functional groups attached to an aromatic ring is 1. The number of rotatable bonds is 2. The lowest BCUT2D eigenvalue weighted by molar-refractivity contribution is 0.581. The maximum Gasteiger partial charge on any atom is 0.0316 e. The Labute approximate surface area is 87.3 Å². The highest BCUT2D eigenvalue weighted by molar-refractivity contribution is 5.46. The molecule has 0 aliphatic rings. The van der Waals surface area contributed by atoms with Crippen LogP contribution in [-0.2, 0) is 11.8 Å². The van der Waals surface area contributed by atoms with Gasteiger partial charge in [0.2, 0.25) is 0 Å². The van der Waals surface area contributed by atoms with E-state index in [4.69, 9.17) is 5.73 Å². The maximum absolute atomic E-state index is 5.80. The summed E-state index contributed by atoms with van der Waals surface area (Å²) in [5.41, 5.74) is 9.73. The number of aryl methyl sites for hydroxylation is 1. The molecule has 0 aromatic heterocycles. The molecule has 0 aliphatic carbocycles. The first kappa shape index (κ1) is 11.1. The molecule has 0 bridgehead atoms. The molecule has 14 heavy (non-hydrogen) atoms. The summed E-state index contributed by atoms with van der Waals surface area (Å²) in [5, 5.41) is 0. The lowest BCUT2D eigenvalue weighted by Gasteiger charge is -2.23. The first-order chi connectivity index (χ1) is 6.45. The van der Waals surface area contributed by atoms with E-state index in [0.717, 1.165) is 12.1 Å². The smallest absolute Gasteiger partial charge is 0.0316 e. The van der Waals surface area contributed by atoms with Gasteiger partial charge in [0.15, 0.2) is 0 Å². The second kappa shape index (κ2) is 4.04.